The molecule has 1 N–H and O–H groups in total. The Hall–Kier alpha value is -2.69. The molecule has 2 heterocycles. The molecule has 5 nitrogen and oxygen atoms in total. The summed E-state index contributed by atoms with van der Waals surface area (Å²) in [7, 11) is 0. The van der Waals surface area contributed by atoms with Crippen LogP contribution in [-0.4, -0.2) is 21.5 Å². The fourth-order valence-corrected chi connectivity index (χ4v) is 2.00. The lowest BCUT2D eigenvalue weighted by Gasteiger charge is -2.09. The molecule has 5 heteroatoms. The van der Waals surface area contributed by atoms with E-state index in [9.17, 15) is 0 Å². The summed E-state index contributed by atoms with van der Waals surface area (Å²) in [5.74, 6) is 1.83. The molecule has 0 radical (unpaired) electrons. The highest BCUT2D eigenvalue weighted by atomic mass is 16.5. The highest BCUT2D eigenvalue weighted by Crippen LogP contribution is 2.27. The highest BCUT2D eigenvalue weighted by Gasteiger charge is 2.05. The number of anilines is 1. The second-order valence-electron chi connectivity index (χ2n) is 4.57. The van der Waals surface area contributed by atoms with Gasteiger partial charge in [-0.25, -0.2) is 4.98 Å². The van der Waals surface area contributed by atoms with Crippen LogP contribution in [0.4, 0.5) is 5.95 Å². The molecule has 0 spiro atoms. The first-order valence-electron chi connectivity index (χ1n) is 6.95. The van der Waals surface area contributed by atoms with Crippen molar-refractivity contribution in [1.29, 1.82) is 0 Å². The Labute approximate surface area is 123 Å². The number of ether oxygens (including phenoxy) is 1. The second-order valence-corrected chi connectivity index (χ2v) is 4.57. The van der Waals surface area contributed by atoms with Gasteiger partial charge in [0.15, 0.2) is 0 Å². The normalized spacial score (nSPS) is 10.5. The third kappa shape index (κ3) is 3.08. The number of aromatic nitrogens is 3. The second kappa shape index (κ2) is 6.17. The Morgan fingerprint density at radius 1 is 1.05 bits per heavy atom. The summed E-state index contributed by atoms with van der Waals surface area (Å²) in [5, 5.41) is 4.10. The minimum absolute atomic E-state index is 0.514. The van der Waals surface area contributed by atoms with Crippen LogP contribution in [-0.2, 0) is 0 Å². The Kier molecular flexibility index (Phi) is 3.91. The molecule has 0 aliphatic carbocycles. The van der Waals surface area contributed by atoms with Crippen molar-refractivity contribution in [1.82, 2.24) is 15.0 Å². The summed E-state index contributed by atoms with van der Waals surface area (Å²) < 4.78 is 5.88. The fraction of sp³-hybridized carbons (Fsp3) is 0.188. The van der Waals surface area contributed by atoms with Crippen LogP contribution in [0.2, 0.25) is 0 Å². The zero-order valence-corrected chi connectivity index (χ0v) is 11.8. The SMILES string of the molecule is CCCNc1nccc(Oc2cccc3ncccc23)n1. The summed E-state index contributed by atoms with van der Waals surface area (Å²) in [4.78, 5) is 12.8. The van der Waals surface area contributed by atoms with Crippen LogP contribution in [0.1, 0.15) is 13.3 Å². The number of hydrogen-bond donors (Lipinski definition) is 1. The lowest BCUT2D eigenvalue weighted by molar-refractivity contribution is 0.467. The fourth-order valence-electron chi connectivity index (χ4n) is 2.00. The molecule has 1 aromatic carbocycles. The zero-order chi connectivity index (χ0) is 14.5. The molecule has 0 atom stereocenters. The first kappa shape index (κ1) is 13.3. The molecule has 0 saturated heterocycles. The molecule has 0 unspecified atom stereocenters. The molecule has 0 amide bonds. The van der Waals surface area contributed by atoms with Crippen molar-refractivity contribution in [3.05, 3.63) is 48.8 Å². The van der Waals surface area contributed by atoms with Crippen LogP contribution in [0.15, 0.2) is 48.8 Å². The van der Waals surface area contributed by atoms with E-state index in [0.717, 1.165) is 29.6 Å². The van der Waals surface area contributed by atoms with Gasteiger partial charge in [0.25, 0.3) is 0 Å². The molecule has 0 aliphatic rings. The summed E-state index contributed by atoms with van der Waals surface area (Å²) in [6, 6.07) is 11.4. The van der Waals surface area contributed by atoms with Gasteiger partial charge in [-0.3, -0.25) is 4.98 Å². The molecular weight excluding hydrogens is 264 g/mol. The molecule has 3 rings (SSSR count). The lowest BCUT2D eigenvalue weighted by atomic mass is 10.2. The Morgan fingerprint density at radius 3 is 2.90 bits per heavy atom. The third-order valence-electron chi connectivity index (χ3n) is 2.98. The van der Waals surface area contributed by atoms with Crippen molar-refractivity contribution in [3.8, 4) is 11.6 Å². The Balaban J connectivity index is 1.88. The maximum absolute atomic E-state index is 5.88. The van der Waals surface area contributed by atoms with Gasteiger partial charge in [-0.2, -0.15) is 4.98 Å². The molecule has 2 aromatic heterocycles. The average Bonchev–Trinajstić information content (AvgIpc) is 2.54. The maximum atomic E-state index is 5.88. The van der Waals surface area contributed by atoms with E-state index in [-0.39, 0.29) is 0 Å². The molecule has 0 bridgehead atoms. The number of rotatable bonds is 5. The van der Waals surface area contributed by atoms with Crippen LogP contribution in [0, 0.1) is 0 Å². The maximum Gasteiger partial charge on any atom is 0.225 e. The van der Waals surface area contributed by atoms with E-state index in [1.165, 1.54) is 0 Å². The quantitative estimate of drug-likeness (QED) is 0.773. The average molecular weight is 280 g/mol. The topological polar surface area (TPSA) is 59.9 Å². The molecular formula is C16H16N4O. The lowest BCUT2D eigenvalue weighted by Crippen LogP contribution is -2.04. The van der Waals surface area contributed by atoms with Crippen molar-refractivity contribution < 1.29 is 4.74 Å². The van der Waals surface area contributed by atoms with Crippen molar-refractivity contribution in [2.45, 2.75) is 13.3 Å². The van der Waals surface area contributed by atoms with E-state index in [4.69, 9.17) is 4.74 Å². The summed E-state index contributed by atoms with van der Waals surface area (Å²) >= 11 is 0. The van der Waals surface area contributed by atoms with Crippen molar-refractivity contribution in [2.24, 2.45) is 0 Å². The predicted octanol–water partition coefficient (Wildman–Crippen LogP) is 3.64. The molecule has 0 fully saturated rings. The van der Waals surface area contributed by atoms with Gasteiger partial charge in [-0.1, -0.05) is 13.0 Å². The van der Waals surface area contributed by atoms with Crippen molar-refractivity contribution in [2.75, 3.05) is 11.9 Å². The van der Waals surface area contributed by atoms with E-state index in [1.807, 2.05) is 30.3 Å². The number of nitrogens with one attached hydrogen (secondary N) is 1. The number of nitrogens with zero attached hydrogens (tertiary/aromatic N) is 3. The van der Waals surface area contributed by atoms with Gasteiger partial charge in [-0.05, 0) is 30.7 Å². The smallest absolute Gasteiger partial charge is 0.225 e. The predicted molar refractivity (Wildman–Crippen MR) is 82.6 cm³/mol. The summed E-state index contributed by atoms with van der Waals surface area (Å²) in [6.45, 7) is 2.93. The number of pyridine rings is 1. The largest absolute Gasteiger partial charge is 0.438 e. The van der Waals surface area contributed by atoms with Gasteiger partial charge in [0.2, 0.25) is 11.8 Å². The van der Waals surface area contributed by atoms with Crippen LogP contribution in [0.3, 0.4) is 0 Å². The minimum atomic E-state index is 0.514. The van der Waals surface area contributed by atoms with Crippen LogP contribution in [0.5, 0.6) is 11.6 Å². The molecule has 106 valence electrons. The van der Waals surface area contributed by atoms with E-state index in [0.29, 0.717) is 11.8 Å². The number of hydrogen-bond acceptors (Lipinski definition) is 5. The Bertz CT molecular complexity index is 740. The van der Waals surface area contributed by atoms with E-state index < -0.39 is 0 Å². The van der Waals surface area contributed by atoms with Crippen LogP contribution < -0.4 is 10.1 Å². The van der Waals surface area contributed by atoms with Crippen LogP contribution in [0.25, 0.3) is 10.9 Å². The van der Waals surface area contributed by atoms with Crippen LogP contribution >= 0.6 is 0 Å². The summed E-state index contributed by atoms with van der Waals surface area (Å²) in [6.07, 6.45) is 4.47. The highest BCUT2D eigenvalue weighted by molar-refractivity contribution is 5.85. The summed E-state index contributed by atoms with van der Waals surface area (Å²) in [5.41, 5.74) is 0.897. The third-order valence-corrected chi connectivity index (χ3v) is 2.98. The van der Waals surface area contributed by atoms with Gasteiger partial charge in [-0.15, -0.1) is 0 Å². The monoisotopic (exact) mass is 280 g/mol. The van der Waals surface area contributed by atoms with Crippen molar-refractivity contribution >= 4 is 16.9 Å². The van der Waals surface area contributed by atoms with Gasteiger partial charge in [0.05, 0.1) is 5.52 Å². The Morgan fingerprint density at radius 2 is 2.00 bits per heavy atom. The van der Waals surface area contributed by atoms with Crippen molar-refractivity contribution in [3.63, 3.8) is 0 Å². The van der Waals surface area contributed by atoms with E-state index in [2.05, 4.69) is 27.2 Å². The van der Waals surface area contributed by atoms with Gasteiger partial charge >= 0.3 is 0 Å². The van der Waals surface area contributed by atoms with E-state index >= 15 is 0 Å². The van der Waals surface area contributed by atoms with Gasteiger partial charge in [0.1, 0.15) is 5.75 Å². The number of fused-ring (bicyclic) bond motifs is 1. The first-order chi connectivity index (χ1) is 10.4. The minimum Gasteiger partial charge on any atom is -0.438 e. The molecule has 21 heavy (non-hydrogen) atoms. The van der Waals surface area contributed by atoms with Gasteiger partial charge in [0, 0.05) is 30.4 Å². The standard InChI is InChI=1S/C16H16N4O/c1-2-9-18-16-19-11-8-15(20-16)21-14-7-3-6-13-12(14)5-4-10-17-13/h3-8,10-11H,2,9H2,1H3,(H,18,19,20). The molecule has 0 saturated carbocycles. The first-order valence-corrected chi connectivity index (χ1v) is 6.95. The number of benzene rings is 1. The molecule has 0 aliphatic heterocycles. The molecule has 3 aromatic rings. The van der Waals surface area contributed by atoms with E-state index in [1.54, 1.807) is 18.5 Å². The van der Waals surface area contributed by atoms with Gasteiger partial charge < -0.3 is 10.1 Å². The zero-order valence-electron chi connectivity index (χ0n) is 11.8.